The Morgan fingerprint density at radius 3 is 2.00 bits per heavy atom. The monoisotopic (exact) mass is 272 g/mol. The van der Waals surface area contributed by atoms with Crippen LogP contribution in [0.2, 0.25) is 0 Å². The smallest absolute Gasteiger partial charge is 0.230 e. The van der Waals surface area contributed by atoms with Gasteiger partial charge in [-0.2, -0.15) is 0 Å². The van der Waals surface area contributed by atoms with E-state index in [-0.39, 0.29) is 18.7 Å². The zero-order chi connectivity index (χ0) is 10.9. The highest BCUT2D eigenvalue weighted by atomic mass is 79.9. The Bertz CT molecular complexity index is 194. The first-order valence-corrected chi connectivity index (χ1v) is 6.09. The highest BCUT2D eigenvalue weighted by Crippen LogP contribution is 1.87. The fourth-order valence-corrected chi connectivity index (χ4v) is 0.482. The molecule has 0 aliphatic rings. The lowest BCUT2D eigenvalue weighted by Crippen LogP contribution is -2.17. The van der Waals surface area contributed by atoms with Crippen LogP contribution in [0.5, 0.6) is 0 Å². The number of halogens is 1. The number of rotatable bonds is 3. The summed E-state index contributed by atoms with van der Waals surface area (Å²) in [6, 6.07) is 0. The molecule has 2 amide bonds. The number of carbonyl (C=O) groups excluding carboxylic acids is 2. The third-order valence-electron chi connectivity index (χ3n) is 0.704. The van der Waals surface area contributed by atoms with Gasteiger partial charge in [0.1, 0.15) is 0 Å². The summed E-state index contributed by atoms with van der Waals surface area (Å²) in [4.78, 5) is 20.4. The Hall–Kier alpha value is -0.430. The number of hydrogen-bond donors (Lipinski definition) is 2. The minimum atomic E-state index is -0.611. The van der Waals surface area contributed by atoms with Crippen molar-refractivity contribution in [2.24, 2.45) is 5.73 Å². The van der Waals surface area contributed by atoms with Crippen molar-refractivity contribution >= 4 is 38.8 Å². The normalized spacial score (nSPS) is 8.62. The first-order chi connectivity index (χ1) is 5.90. The summed E-state index contributed by atoms with van der Waals surface area (Å²) in [6.45, 7) is 0. The van der Waals surface area contributed by atoms with Crippen molar-refractivity contribution in [3.63, 3.8) is 0 Å². The summed E-state index contributed by atoms with van der Waals surface area (Å²) in [5.74, 6) is -0.708. The third kappa shape index (κ3) is 24.5. The highest BCUT2D eigenvalue weighted by Gasteiger charge is 2.00. The molecule has 0 aromatic carbocycles. The van der Waals surface area contributed by atoms with Crippen LogP contribution in [0.3, 0.4) is 0 Å². The van der Waals surface area contributed by atoms with Crippen LogP contribution < -0.4 is 10.1 Å². The molecule has 0 aromatic heterocycles. The fraction of sp³-hybridized carbons (Fsp3) is 0.667. The summed E-state index contributed by atoms with van der Waals surface area (Å²) < 4.78 is 11.7. The van der Waals surface area contributed by atoms with Crippen LogP contribution >= 0.6 is 16.1 Å². The van der Waals surface area contributed by atoms with Gasteiger partial charge in [0.2, 0.25) is 11.8 Å². The molecule has 0 aliphatic carbocycles. The van der Waals surface area contributed by atoms with Gasteiger partial charge in [-0.05, 0) is 0 Å². The molecule has 78 valence electrons. The van der Waals surface area contributed by atoms with Crippen molar-refractivity contribution in [1.82, 2.24) is 4.34 Å². The van der Waals surface area contributed by atoms with Crippen molar-refractivity contribution in [2.75, 3.05) is 12.5 Å². The summed E-state index contributed by atoms with van der Waals surface area (Å²) in [5.41, 5.74) is 4.76. The van der Waals surface area contributed by atoms with Crippen LogP contribution in [-0.4, -0.2) is 28.5 Å². The van der Waals surface area contributed by atoms with Gasteiger partial charge in [0.05, 0.1) is 0 Å². The summed E-state index contributed by atoms with van der Waals surface area (Å²) >= 11 is 2.71. The van der Waals surface area contributed by atoms with E-state index in [0.717, 1.165) is 0 Å². The molecule has 0 aliphatic heterocycles. The van der Waals surface area contributed by atoms with Gasteiger partial charge >= 0.3 is 0 Å². The molecule has 13 heavy (non-hydrogen) atoms. The molecule has 0 heterocycles. The summed E-state index contributed by atoms with van der Waals surface area (Å²) in [5, 5.41) is 0. The van der Waals surface area contributed by atoms with Crippen LogP contribution in [0.1, 0.15) is 12.8 Å². The Morgan fingerprint density at radius 1 is 1.38 bits per heavy atom. The number of nitrogens with one attached hydrogen (secondary N) is 1. The van der Waals surface area contributed by atoms with E-state index < -0.39 is 16.7 Å². The topological polar surface area (TPSA) is 89.3 Å². The molecule has 5 nitrogen and oxygen atoms in total. The predicted octanol–water partition coefficient (Wildman–Crippen LogP) is -0.327. The maximum atomic E-state index is 10.4. The molecule has 0 rings (SSSR count). The van der Waals surface area contributed by atoms with Crippen molar-refractivity contribution in [1.29, 1.82) is 0 Å². The van der Waals surface area contributed by atoms with Gasteiger partial charge < -0.3 is 5.73 Å². The van der Waals surface area contributed by atoms with E-state index in [9.17, 15) is 13.8 Å². The molecule has 0 spiro atoms. The summed E-state index contributed by atoms with van der Waals surface area (Å²) in [6.07, 6.45) is 3.51. The van der Waals surface area contributed by atoms with Gasteiger partial charge in [0.15, 0.2) is 0 Å². The largest absolute Gasteiger partial charge is 0.370 e. The molecule has 0 aromatic rings. The van der Waals surface area contributed by atoms with E-state index in [1.54, 1.807) is 12.5 Å². The second kappa shape index (κ2) is 9.66. The van der Waals surface area contributed by atoms with Gasteiger partial charge in [-0.3, -0.25) is 18.1 Å². The maximum Gasteiger partial charge on any atom is 0.230 e. The van der Waals surface area contributed by atoms with Gasteiger partial charge in [0, 0.05) is 52.3 Å². The number of amides is 2. The predicted molar refractivity (Wildman–Crippen MR) is 55.5 cm³/mol. The summed E-state index contributed by atoms with van der Waals surface area (Å²) in [7, 11) is -0.611. The van der Waals surface area contributed by atoms with Crippen LogP contribution in [0.4, 0.5) is 0 Å². The Labute approximate surface area is 88.2 Å². The third-order valence-corrected chi connectivity index (χ3v) is 1.15. The van der Waals surface area contributed by atoms with Gasteiger partial charge in [-0.25, -0.2) is 0 Å². The number of nitrogens with two attached hydrogens (primary N) is 1. The van der Waals surface area contributed by atoms with E-state index in [1.165, 1.54) is 0 Å². The number of carbonyl (C=O) groups is 2. The Morgan fingerprint density at radius 2 is 1.77 bits per heavy atom. The van der Waals surface area contributed by atoms with Crippen LogP contribution in [-0.2, 0) is 20.4 Å². The molecule has 0 atom stereocenters. The van der Waals surface area contributed by atoms with E-state index >= 15 is 0 Å². The zero-order valence-electron chi connectivity index (χ0n) is 7.50. The first kappa shape index (κ1) is 15.1. The van der Waals surface area contributed by atoms with E-state index in [1.807, 2.05) is 0 Å². The van der Waals surface area contributed by atoms with Gasteiger partial charge in [0.25, 0.3) is 0 Å². The molecule has 0 unspecified atom stereocenters. The molecule has 0 fully saturated rings. The van der Waals surface area contributed by atoms with Gasteiger partial charge in [-0.15, -0.1) is 0 Å². The fourth-order valence-electron chi connectivity index (χ4n) is 0.284. The van der Waals surface area contributed by atoms with Crippen molar-refractivity contribution in [3.8, 4) is 0 Å². The van der Waals surface area contributed by atoms with E-state index in [4.69, 9.17) is 5.73 Å². The second-order valence-electron chi connectivity index (χ2n) is 2.23. The van der Waals surface area contributed by atoms with E-state index in [2.05, 4.69) is 20.5 Å². The molecule has 3 N–H and O–H groups in total. The Kier molecular flexibility index (Phi) is 11.2. The molecule has 0 radical (unpaired) electrons. The lowest BCUT2D eigenvalue weighted by atomic mass is 10.3. The average Bonchev–Trinajstić information content (AvgIpc) is 1.99. The van der Waals surface area contributed by atoms with Crippen LogP contribution in [0, 0.1) is 0 Å². The molecular weight excluding hydrogens is 260 g/mol. The number of primary amides is 1. The van der Waals surface area contributed by atoms with Crippen molar-refractivity contribution in [3.05, 3.63) is 0 Å². The van der Waals surface area contributed by atoms with Crippen molar-refractivity contribution in [2.45, 2.75) is 12.8 Å². The second-order valence-corrected chi connectivity index (χ2v) is 4.11. The minimum absolute atomic E-state index is 0.0947. The molecule has 0 saturated carbocycles. The van der Waals surface area contributed by atoms with Gasteiger partial charge in [-0.1, -0.05) is 0 Å². The maximum absolute atomic E-state index is 10.4. The van der Waals surface area contributed by atoms with Crippen LogP contribution in [0.15, 0.2) is 0 Å². The molecular formula is C6H13BrN2O3S. The SMILES string of the molecule is CS(C)=O.NC(=O)CCC(=O)NBr. The lowest BCUT2D eigenvalue weighted by molar-refractivity contribution is -0.123. The van der Waals surface area contributed by atoms with E-state index in [0.29, 0.717) is 0 Å². The highest BCUT2D eigenvalue weighted by molar-refractivity contribution is 9.08. The minimum Gasteiger partial charge on any atom is -0.370 e. The quantitative estimate of drug-likeness (QED) is 0.690. The van der Waals surface area contributed by atoms with Crippen molar-refractivity contribution < 1.29 is 13.8 Å². The van der Waals surface area contributed by atoms with Crippen LogP contribution in [0.25, 0.3) is 0 Å². The zero-order valence-corrected chi connectivity index (χ0v) is 9.91. The Balaban J connectivity index is 0. The lowest BCUT2D eigenvalue weighted by Gasteiger charge is -1.92. The first-order valence-electron chi connectivity index (χ1n) is 3.33. The number of hydrogen-bond acceptors (Lipinski definition) is 3. The molecule has 0 bridgehead atoms. The average molecular weight is 273 g/mol. The molecule has 0 saturated heterocycles. The standard InChI is InChI=1S/C4H7BrN2O2.C2H6OS/c5-7-4(9)2-1-3(6)8;1-4(2)3/h1-2H2,(H2,6,8)(H,7,9);1-2H3. The molecule has 7 heteroatoms.